The molecule has 1 aliphatic heterocycles. The average Bonchev–Trinajstić information content (AvgIpc) is 4.12. The monoisotopic (exact) mass is 902 g/mol. The molecule has 0 saturated heterocycles. The number of thiazole rings is 2. The molecule has 2 aliphatic rings. The lowest BCUT2D eigenvalue weighted by Crippen LogP contribution is -2.32. The molecule has 5 heteroatoms. The number of fused-ring (bicyclic) bond motifs is 11. The van der Waals surface area contributed by atoms with E-state index < -0.39 is 5.41 Å². The van der Waals surface area contributed by atoms with Crippen molar-refractivity contribution in [3.8, 4) is 88.3 Å². The molecule has 0 N–H and O–H groups in total. The molecule has 68 heavy (non-hydrogen) atoms. The molecule has 0 atom stereocenters. The lowest BCUT2D eigenvalue weighted by Gasteiger charge is -2.39. The van der Waals surface area contributed by atoms with Gasteiger partial charge in [-0.1, -0.05) is 170 Å². The molecule has 1 aliphatic carbocycles. The number of benzene rings is 10. The van der Waals surface area contributed by atoms with E-state index >= 15 is 0 Å². The van der Waals surface area contributed by atoms with Crippen LogP contribution in [0.5, 0.6) is 11.5 Å². The summed E-state index contributed by atoms with van der Waals surface area (Å²) in [5, 5.41) is 1.98. The van der Waals surface area contributed by atoms with Gasteiger partial charge in [0.05, 0.1) is 25.8 Å². The van der Waals surface area contributed by atoms with Crippen molar-refractivity contribution in [1.29, 1.82) is 0 Å². The van der Waals surface area contributed by atoms with Gasteiger partial charge in [-0.15, -0.1) is 22.7 Å². The topological polar surface area (TPSA) is 35.0 Å². The van der Waals surface area contributed by atoms with E-state index in [1.807, 2.05) is 0 Å². The maximum Gasteiger partial charge on any atom is 0.132 e. The highest BCUT2D eigenvalue weighted by Gasteiger charge is 2.51. The number of nitrogens with zero attached hydrogens (tertiary/aromatic N) is 2. The zero-order valence-electron chi connectivity index (χ0n) is 36.6. The number of hydrogen-bond donors (Lipinski definition) is 0. The fourth-order valence-corrected chi connectivity index (χ4v) is 12.6. The minimum Gasteiger partial charge on any atom is -0.457 e. The normalized spacial score (nSPS) is 12.9. The molecule has 3 nitrogen and oxygen atoms in total. The van der Waals surface area contributed by atoms with E-state index in [4.69, 9.17) is 14.7 Å². The third kappa shape index (κ3) is 6.17. The van der Waals surface area contributed by atoms with Crippen LogP contribution in [0, 0.1) is 0 Å². The second-order valence-corrected chi connectivity index (χ2v) is 19.7. The van der Waals surface area contributed by atoms with E-state index in [0.717, 1.165) is 69.8 Å². The fraction of sp³-hybridized carbons (Fsp3) is 0.0159. The van der Waals surface area contributed by atoms with E-state index in [1.54, 1.807) is 22.7 Å². The quantitative estimate of drug-likeness (QED) is 0.167. The van der Waals surface area contributed by atoms with Gasteiger partial charge in [0.15, 0.2) is 0 Å². The summed E-state index contributed by atoms with van der Waals surface area (Å²) >= 11 is 3.48. The van der Waals surface area contributed by atoms with Crippen molar-refractivity contribution < 1.29 is 4.74 Å². The van der Waals surface area contributed by atoms with Crippen molar-refractivity contribution in [2.24, 2.45) is 0 Å². The smallest absolute Gasteiger partial charge is 0.132 e. The first-order valence-electron chi connectivity index (χ1n) is 22.9. The standard InChI is InChI=1S/C63H38N2OS2/c1-3-13-39(14-4-1)44-28-31-55-59(37-44)67-61(64-55)47-33-46(34-48(35-47)62-65-56-32-29-45(38-60(56)68-62)40-15-5-2-6-16-40)42-25-23-41(24-26-42)43-27-30-50-49-17-7-8-18-51(49)63(54(50)36-43)52-19-9-11-21-57(52)66-58-22-12-10-20-53(58)63/h1-38H. The van der Waals surface area contributed by atoms with Gasteiger partial charge in [0, 0.05) is 22.3 Å². The van der Waals surface area contributed by atoms with Gasteiger partial charge in [0.2, 0.25) is 0 Å². The summed E-state index contributed by atoms with van der Waals surface area (Å²) in [5.41, 5.74) is 20.4. The molecule has 1 spiro atoms. The van der Waals surface area contributed by atoms with Crippen LogP contribution in [0.15, 0.2) is 231 Å². The lowest BCUT2D eigenvalue weighted by molar-refractivity contribution is 0.436. The molecule has 318 valence electrons. The maximum absolute atomic E-state index is 6.60. The van der Waals surface area contributed by atoms with E-state index in [1.165, 1.54) is 61.2 Å². The van der Waals surface area contributed by atoms with Crippen molar-refractivity contribution in [2.75, 3.05) is 0 Å². The Labute approximate surface area is 401 Å². The van der Waals surface area contributed by atoms with E-state index in [9.17, 15) is 0 Å². The van der Waals surface area contributed by atoms with Crippen molar-refractivity contribution in [3.05, 3.63) is 253 Å². The number of hydrogen-bond acceptors (Lipinski definition) is 5. The van der Waals surface area contributed by atoms with Gasteiger partial charge in [0.25, 0.3) is 0 Å². The number of aromatic nitrogens is 2. The summed E-state index contributed by atoms with van der Waals surface area (Å²) < 4.78 is 8.93. The third-order valence-electron chi connectivity index (χ3n) is 13.8. The van der Waals surface area contributed by atoms with E-state index in [2.05, 4.69) is 231 Å². The fourth-order valence-electron chi connectivity index (χ4n) is 10.6. The van der Waals surface area contributed by atoms with Gasteiger partial charge in [-0.25, -0.2) is 9.97 Å². The highest BCUT2D eigenvalue weighted by atomic mass is 32.1. The Morgan fingerprint density at radius 3 is 1.28 bits per heavy atom. The van der Waals surface area contributed by atoms with Crippen molar-refractivity contribution in [2.45, 2.75) is 5.41 Å². The van der Waals surface area contributed by atoms with Crippen LogP contribution in [0.2, 0.25) is 0 Å². The molecule has 0 radical (unpaired) electrons. The molecule has 12 aromatic rings. The molecule has 3 heterocycles. The molecular weight excluding hydrogens is 865 g/mol. The first-order chi connectivity index (χ1) is 33.6. The summed E-state index contributed by atoms with van der Waals surface area (Å²) in [6.07, 6.45) is 0. The second kappa shape index (κ2) is 15.4. The molecular formula is C63H38N2OS2. The van der Waals surface area contributed by atoms with Crippen LogP contribution in [-0.4, -0.2) is 9.97 Å². The third-order valence-corrected chi connectivity index (χ3v) is 16.0. The zero-order chi connectivity index (χ0) is 44.8. The predicted octanol–water partition coefficient (Wildman–Crippen LogP) is 17.4. The van der Waals surface area contributed by atoms with Gasteiger partial charge >= 0.3 is 0 Å². The minimum atomic E-state index is -0.516. The molecule has 0 bridgehead atoms. The van der Waals surface area contributed by atoms with Crippen molar-refractivity contribution >= 4 is 43.1 Å². The van der Waals surface area contributed by atoms with Crippen LogP contribution in [0.3, 0.4) is 0 Å². The largest absolute Gasteiger partial charge is 0.457 e. The van der Waals surface area contributed by atoms with Crippen LogP contribution >= 0.6 is 22.7 Å². The van der Waals surface area contributed by atoms with Crippen molar-refractivity contribution in [1.82, 2.24) is 9.97 Å². The number of ether oxygens (including phenoxy) is 1. The maximum atomic E-state index is 6.60. The Morgan fingerprint density at radius 2 is 0.706 bits per heavy atom. The highest BCUT2D eigenvalue weighted by Crippen LogP contribution is 2.62. The Kier molecular flexibility index (Phi) is 8.85. The predicted molar refractivity (Wildman–Crippen MR) is 283 cm³/mol. The van der Waals surface area contributed by atoms with E-state index in [-0.39, 0.29) is 0 Å². The first-order valence-corrected chi connectivity index (χ1v) is 24.6. The average molecular weight is 903 g/mol. The molecule has 10 aromatic carbocycles. The van der Waals surface area contributed by atoms with Gasteiger partial charge in [0.1, 0.15) is 21.5 Å². The van der Waals surface area contributed by atoms with Crippen LogP contribution in [0.1, 0.15) is 22.3 Å². The number of rotatable bonds is 6. The summed E-state index contributed by atoms with van der Waals surface area (Å²) in [6.45, 7) is 0. The molecule has 0 fully saturated rings. The molecule has 0 amide bonds. The minimum absolute atomic E-state index is 0.516. The first kappa shape index (κ1) is 39.0. The van der Waals surface area contributed by atoms with Gasteiger partial charge < -0.3 is 4.74 Å². The summed E-state index contributed by atoms with van der Waals surface area (Å²) in [5.74, 6) is 1.80. The second-order valence-electron chi connectivity index (χ2n) is 17.7. The van der Waals surface area contributed by atoms with Crippen molar-refractivity contribution in [3.63, 3.8) is 0 Å². The zero-order valence-corrected chi connectivity index (χ0v) is 38.2. The summed E-state index contributed by atoms with van der Waals surface area (Å²) in [7, 11) is 0. The Balaban J connectivity index is 0.883. The van der Waals surface area contributed by atoms with Gasteiger partial charge in [-0.2, -0.15) is 0 Å². The summed E-state index contributed by atoms with van der Waals surface area (Å²) in [4.78, 5) is 10.5. The lowest BCUT2D eigenvalue weighted by atomic mass is 9.66. The molecule has 0 unspecified atom stereocenters. The summed E-state index contributed by atoms with van der Waals surface area (Å²) in [6, 6.07) is 83.3. The van der Waals surface area contributed by atoms with E-state index in [0.29, 0.717) is 0 Å². The van der Waals surface area contributed by atoms with Crippen LogP contribution in [-0.2, 0) is 5.41 Å². The number of para-hydroxylation sites is 2. The molecule has 14 rings (SSSR count). The molecule has 2 aromatic heterocycles. The van der Waals surface area contributed by atoms with Crippen LogP contribution < -0.4 is 4.74 Å². The van der Waals surface area contributed by atoms with Crippen LogP contribution in [0.25, 0.3) is 97.2 Å². The molecule has 0 saturated carbocycles. The SMILES string of the molecule is c1ccc(-c2ccc3nc(-c4cc(-c5ccc(-c6ccc7c(c6)C6(c8ccccc8Oc8ccccc86)c6ccccc6-7)cc5)cc(-c5nc6ccc(-c7ccccc7)cc6s5)c4)sc3c2)cc1. The highest BCUT2D eigenvalue weighted by molar-refractivity contribution is 7.22. The Hall–Kier alpha value is -8.22. The Bertz CT molecular complexity index is 3760. The van der Waals surface area contributed by atoms with Crippen LogP contribution in [0.4, 0.5) is 0 Å². The van der Waals surface area contributed by atoms with Gasteiger partial charge in [-0.05, 0) is 127 Å². The Morgan fingerprint density at radius 1 is 0.294 bits per heavy atom. The van der Waals surface area contributed by atoms with Gasteiger partial charge in [-0.3, -0.25) is 0 Å².